The van der Waals surface area contributed by atoms with Crippen molar-refractivity contribution in [3.63, 3.8) is 0 Å². The molecule has 0 radical (unpaired) electrons. The van der Waals surface area contributed by atoms with Gasteiger partial charge < -0.3 is 10.2 Å². The highest BCUT2D eigenvalue weighted by atomic mass is 32.1. The highest BCUT2D eigenvalue weighted by Gasteiger charge is 2.05. The number of fused-ring (bicyclic) bond motifs is 1. The molecule has 1 N–H and O–H groups in total. The Morgan fingerprint density at radius 3 is 2.88 bits per heavy atom. The first-order valence-electron chi connectivity index (χ1n) is 5.49. The zero-order chi connectivity index (χ0) is 11.5. The minimum absolute atomic E-state index is 0.537. The van der Waals surface area contributed by atoms with E-state index in [1.165, 1.54) is 14.3 Å². The number of hydrogen-bond donors (Lipinski definition) is 1. The molecule has 0 aliphatic rings. The number of nitrogens with zero attached hydrogens (tertiary/aromatic N) is 1. The zero-order valence-corrected chi connectivity index (χ0v) is 11.6. The summed E-state index contributed by atoms with van der Waals surface area (Å²) in [5.41, 5.74) is 0. The van der Waals surface area contributed by atoms with Gasteiger partial charge in [-0.3, -0.25) is 0 Å². The Hall–Kier alpha value is -0.420. The van der Waals surface area contributed by atoms with E-state index in [4.69, 9.17) is 0 Å². The molecule has 0 aromatic carbocycles. The first-order valence-corrected chi connectivity index (χ1v) is 7.19. The number of hydrogen-bond acceptors (Lipinski definition) is 4. The van der Waals surface area contributed by atoms with Gasteiger partial charge in [-0.25, -0.2) is 0 Å². The lowest BCUT2D eigenvalue weighted by molar-refractivity contribution is 0.349. The normalized spacial score (nSPS) is 13.8. The van der Waals surface area contributed by atoms with E-state index in [-0.39, 0.29) is 0 Å². The summed E-state index contributed by atoms with van der Waals surface area (Å²) >= 11 is 3.73. The van der Waals surface area contributed by atoms with Gasteiger partial charge in [0.15, 0.2) is 0 Å². The maximum absolute atomic E-state index is 3.55. The van der Waals surface area contributed by atoms with Crippen LogP contribution in [0.1, 0.15) is 11.8 Å². The topological polar surface area (TPSA) is 15.3 Å². The predicted octanol–water partition coefficient (Wildman–Crippen LogP) is 3.00. The van der Waals surface area contributed by atoms with Crippen LogP contribution in [0.5, 0.6) is 0 Å². The fourth-order valence-electron chi connectivity index (χ4n) is 1.79. The van der Waals surface area contributed by atoms with Crippen LogP contribution < -0.4 is 5.32 Å². The van der Waals surface area contributed by atoms with E-state index >= 15 is 0 Å². The molecule has 1 atom stereocenters. The van der Waals surface area contributed by atoms with Gasteiger partial charge in [0, 0.05) is 33.4 Å². The third kappa shape index (κ3) is 3.04. The molecule has 2 heterocycles. The van der Waals surface area contributed by atoms with Crippen molar-refractivity contribution in [3.05, 3.63) is 22.4 Å². The molecule has 16 heavy (non-hydrogen) atoms. The van der Waals surface area contributed by atoms with E-state index < -0.39 is 0 Å². The maximum Gasteiger partial charge on any atom is 0.0453 e. The fourth-order valence-corrected chi connectivity index (χ4v) is 3.88. The highest BCUT2D eigenvalue weighted by Crippen LogP contribution is 2.29. The van der Waals surface area contributed by atoms with Crippen LogP contribution in [0, 0.1) is 0 Å². The predicted molar refractivity (Wildman–Crippen MR) is 74.6 cm³/mol. The van der Waals surface area contributed by atoms with Crippen LogP contribution in [0.4, 0.5) is 0 Å². The first-order chi connectivity index (χ1) is 7.65. The molecular weight excluding hydrogens is 236 g/mol. The molecule has 2 nitrogen and oxygen atoms in total. The van der Waals surface area contributed by atoms with Gasteiger partial charge in [-0.1, -0.05) is 0 Å². The van der Waals surface area contributed by atoms with Crippen molar-refractivity contribution in [1.82, 2.24) is 10.2 Å². The third-order valence-corrected chi connectivity index (χ3v) is 4.55. The second-order valence-corrected chi connectivity index (χ2v) is 6.52. The summed E-state index contributed by atoms with van der Waals surface area (Å²) < 4.78 is 2.84. The van der Waals surface area contributed by atoms with Gasteiger partial charge in [0.05, 0.1) is 0 Å². The molecule has 0 aliphatic carbocycles. The molecule has 0 amide bonds. The smallest absolute Gasteiger partial charge is 0.0453 e. The van der Waals surface area contributed by atoms with Gasteiger partial charge in [0.1, 0.15) is 0 Å². The summed E-state index contributed by atoms with van der Waals surface area (Å²) in [6, 6.07) is 5.05. The molecule has 4 heteroatoms. The molecule has 88 valence electrons. The van der Waals surface area contributed by atoms with Crippen LogP contribution >= 0.6 is 22.7 Å². The molecular formula is C12H18N2S2. The number of rotatable bonds is 5. The van der Waals surface area contributed by atoms with Gasteiger partial charge >= 0.3 is 0 Å². The SMILES string of the molecule is CC(CN(C)C)NCc1cc2sccc2s1. The molecule has 2 rings (SSSR count). The van der Waals surface area contributed by atoms with Crippen molar-refractivity contribution in [2.45, 2.75) is 19.5 Å². The molecule has 1 unspecified atom stereocenters. The Morgan fingerprint density at radius 1 is 1.38 bits per heavy atom. The summed E-state index contributed by atoms with van der Waals surface area (Å²) in [5, 5.41) is 5.71. The van der Waals surface area contributed by atoms with E-state index in [1.54, 1.807) is 0 Å². The van der Waals surface area contributed by atoms with Crippen LogP contribution in [-0.4, -0.2) is 31.6 Å². The summed E-state index contributed by atoms with van der Waals surface area (Å²) in [5.74, 6) is 0. The summed E-state index contributed by atoms with van der Waals surface area (Å²) in [4.78, 5) is 3.65. The Bertz CT molecular complexity index is 416. The highest BCUT2D eigenvalue weighted by molar-refractivity contribution is 7.26. The Morgan fingerprint density at radius 2 is 2.19 bits per heavy atom. The molecule has 0 fully saturated rings. The van der Waals surface area contributed by atoms with Gasteiger partial charge in [-0.15, -0.1) is 22.7 Å². The van der Waals surface area contributed by atoms with E-state index in [0.717, 1.165) is 13.1 Å². The van der Waals surface area contributed by atoms with Crippen LogP contribution in [0.2, 0.25) is 0 Å². The van der Waals surface area contributed by atoms with Crippen LogP contribution in [0.3, 0.4) is 0 Å². The summed E-state index contributed by atoms with van der Waals surface area (Å²) in [6.45, 7) is 4.30. The zero-order valence-electron chi connectivity index (χ0n) is 9.99. The third-order valence-electron chi connectivity index (χ3n) is 2.45. The molecule has 0 saturated heterocycles. The van der Waals surface area contributed by atoms with Crippen LogP contribution in [-0.2, 0) is 6.54 Å². The van der Waals surface area contributed by atoms with E-state index in [2.05, 4.69) is 48.7 Å². The monoisotopic (exact) mass is 254 g/mol. The molecule has 2 aromatic heterocycles. The Kier molecular flexibility index (Phi) is 3.97. The lowest BCUT2D eigenvalue weighted by Gasteiger charge is -2.17. The molecule has 0 bridgehead atoms. The van der Waals surface area contributed by atoms with Crippen molar-refractivity contribution >= 4 is 32.1 Å². The lowest BCUT2D eigenvalue weighted by atomic mass is 10.3. The molecule has 0 aliphatic heterocycles. The van der Waals surface area contributed by atoms with Crippen LogP contribution in [0.15, 0.2) is 17.5 Å². The molecule has 0 saturated carbocycles. The second-order valence-electron chi connectivity index (χ2n) is 4.41. The Balaban J connectivity index is 1.88. The quantitative estimate of drug-likeness (QED) is 0.882. The van der Waals surface area contributed by atoms with E-state index in [9.17, 15) is 0 Å². The van der Waals surface area contributed by atoms with Gasteiger partial charge in [-0.05, 0) is 38.5 Å². The average molecular weight is 254 g/mol. The van der Waals surface area contributed by atoms with Crippen molar-refractivity contribution in [3.8, 4) is 0 Å². The summed E-state index contributed by atoms with van der Waals surface area (Å²) in [7, 11) is 4.22. The van der Waals surface area contributed by atoms with Gasteiger partial charge in [-0.2, -0.15) is 0 Å². The first kappa shape index (κ1) is 12.0. The van der Waals surface area contributed by atoms with Crippen molar-refractivity contribution in [1.29, 1.82) is 0 Å². The Labute approximate surface area is 105 Å². The minimum Gasteiger partial charge on any atom is -0.308 e. The summed E-state index contributed by atoms with van der Waals surface area (Å²) in [6.07, 6.45) is 0. The minimum atomic E-state index is 0.537. The largest absolute Gasteiger partial charge is 0.308 e. The lowest BCUT2D eigenvalue weighted by Crippen LogP contribution is -2.35. The number of nitrogens with one attached hydrogen (secondary N) is 1. The molecule has 2 aromatic rings. The van der Waals surface area contributed by atoms with Crippen molar-refractivity contribution in [2.24, 2.45) is 0 Å². The van der Waals surface area contributed by atoms with Crippen LogP contribution in [0.25, 0.3) is 9.40 Å². The second kappa shape index (κ2) is 5.27. The average Bonchev–Trinajstić information content (AvgIpc) is 2.72. The standard InChI is InChI=1S/C12H18N2S2/c1-9(8-14(2)3)13-7-10-6-12-11(16-10)4-5-15-12/h4-6,9,13H,7-8H2,1-3H3. The molecule has 0 spiro atoms. The maximum atomic E-state index is 3.55. The van der Waals surface area contributed by atoms with Crippen molar-refractivity contribution in [2.75, 3.05) is 20.6 Å². The number of thiophene rings is 2. The van der Waals surface area contributed by atoms with E-state index in [1.807, 2.05) is 22.7 Å². The fraction of sp³-hybridized carbons (Fsp3) is 0.500. The van der Waals surface area contributed by atoms with Crippen molar-refractivity contribution < 1.29 is 0 Å². The number of likely N-dealkylation sites (N-methyl/N-ethyl adjacent to an activating group) is 1. The van der Waals surface area contributed by atoms with Gasteiger partial charge in [0.2, 0.25) is 0 Å². The van der Waals surface area contributed by atoms with Gasteiger partial charge in [0.25, 0.3) is 0 Å². The van der Waals surface area contributed by atoms with E-state index in [0.29, 0.717) is 6.04 Å².